The lowest BCUT2D eigenvalue weighted by atomic mass is 9.95. The van der Waals surface area contributed by atoms with Crippen molar-refractivity contribution in [1.82, 2.24) is 15.1 Å². The van der Waals surface area contributed by atoms with E-state index >= 15 is 0 Å². The zero-order valence-electron chi connectivity index (χ0n) is 10.4. The van der Waals surface area contributed by atoms with Crippen molar-refractivity contribution >= 4 is 5.91 Å². The van der Waals surface area contributed by atoms with E-state index in [0.29, 0.717) is 11.9 Å². The molecular formula is C12H23N3O. The first-order chi connectivity index (χ1) is 7.68. The van der Waals surface area contributed by atoms with Crippen LogP contribution in [0.3, 0.4) is 0 Å². The number of likely N-dealkylation sites (N-methyl/N-ethyl adjacent to an activating group) is 1. The number of hydrogen-bond acceptors (Lipinski definition) is 3. The van der Waals surface area contributed by atoms with Crippen LogP contribution in [0.5, 0.6) is 0 Å². The highest BCUT2D eigenvalue weighted by Crippen LogP contribution is 2.18. The van der Waals surface area contributed by atoms with Crippen LogP contribution in [0, 0.1) is 5.92 Å². The van der Waals surface area contributed by atoms with Crippen molar-refractivity contribution in [3.05, 3.63) is 0 Å². The van der Waals surface area contributed by atoms with E-state index in [9.17, 15) is 4.79 Å². The predicted octanol–water partition coefficient (Wildman–Crippen LogP) is 0.149. The molecule has 0 bridgehead atoms. The van der Waals surface area contributed by atoms with Crippen molar-refractivity contribution in [2.24, 2.45) is 5.92 Å². The molecule has 4 nitrogen and oxygen atoms in total. The van der Waals surface area contributed by atoms with Crippen LogP contribution in [-0.2, 0) is 4.79 Å². The molecule has 0 radical (unpaired) electrons. The molecule has 2 aliphatic rings. The molecule has 2 rings (SSSR count). The van der Waals surface area contributed by atoms with Crippen molar-refractivity contribution in [1.29, 1.82) is 0 Å². The van der Waals surface area contributed by atoms with Crippen molar-refractivity contribution in [3.8, 4) is 0 Å². The summed E-state index contributed by atoms with van der Waals surface area (Å²) in [7, 11) is 2.13. The molecule has 2 heterocycles. The Labute approximate surface area is 98.0 Å². The third-order valence-corrected chi connectivity index (χ3v) is 3.80. The fraction of sp³-hybridized carbons (Fsp3) is 0.917. The van der Waals surface area contributed by atoms with Gasteiger partial charge in [0, 0.05) is 31.6 Å². The van der Waals surface area contributed by atoms with Crippen LogP contribution >= 0.6 is 0 Å². The molecule has 0 spiro atoms. The van der Waals surface area contributed by atoms with Crippen molar-refractivity contribution < 1.29 is 4.79 Å². The van der Waals surface area contributed by atoms with E-state index in [1.165, 1.54) is 0 Å². The summed E-state index contributed by atoms with van der Waals surface area (Å²) in [6, 6.07) is 0.376. The predicted molar refractivity (Wildman–Crippen MR) is 64.3 cm³/mol. The zero-order chi connectivity index (χ0) is 11.5. The molecular weight excluding hydrogens is 202 g/mol. The Bertz CT molecular complexity index is 251. The van der Waals surface area contributed by atoms with Gasteiger partial charge in [0.1, 0.15) is 0 Å². The zero-order valence-corrected chi connectivity index (χ0v) is 10.4. The summed E-state index contributed by atoms with van der Waals surface area (Å²) >= 11 is 0. The van der Waals surface area contributed by atoms with Crippen molar-refractivity contribution in [2.75, 3.05) is 39.8 Å². The van der Waals surface area contributed by atoms with E-state index in [2.05, 4.69) is 29.1 Å². The third kappa shape index (κ3) is 2.55. The maximum absolute atomic E-state index is 12.3. The average molecular weight is 225 g/mol. The molecule has 92 valence electrons. The average Bonchev–Trinajstić information content (AvgIpc) is 2.29. The van der Waals surface area contributed by atoms with Gasteiger partial charge in [-0.25, -0.2) is 0 Å². The van der Waals surface area contributed by atoms with Gasteiger partial charge in [0.2, 0.25) is 5.91 Å². The molecule has 2 saturated heterocycles. The molecule has 0 aromatic heterocycles. The Hall–Kier alpha value is -0.610. The van der Waals surface area contributed by atoms with E-state index < -0.39 is 0 Å². The van der Waals surface area contributed by atoms with Crippen LogP contribution in [0.1, 0.15) is 19.8 Å². The maximum Gasteiger partial charge on any atom is 0.226 e. The van der Waals surface area contributed by atoms with Crippen molar-refractivity contribution in [2.45, 2.75) is 25.8 Å². The van der Waals surface area contributed by atoms with Gasteiger partial charge >= 0.3 is 0 Å². The van der Waals surface area contributed by atoms with Gasteiger partial charge in [-0.3, -0.25) is 4.79 Å². The number of piperidine rings is 1. The SMILES string of the molecule is CC1CN(C)CCN1C(=O)C1CCNCC1. The molecule has 0 aromatic rings. The van der Waals surface area contributed by atoms with Gasteiger partial charge in [-0.05, 0) is 39.9 Å². The van der Waals surface area contributed by atoms with Gasteiger partial charge in [0.25, 0.3) is 0 Å². The highest BCUT2D eigenvalue weighted by Gasteiger charge is 2.31. The molecule has 0 aliphatic carbocycles. The molecule has 2 aliphatic heterocycles. The first-order valence-electron chi connectivity index (χ1n) is 6.38. The number of carbonyl (C=O) groups excluding carboxylic acids is 1. The minimum absolute atomic E-state index is 0.270. The van der Waals surface area contributed by atoms with Crippen LogP contribution in [0.15, 0.2) is 0 Å². The van der Waals surface area contributed by atoms with Gasteiger partial charge in [0.05, 0.1) is 0 Å². The first-order valence-corrected chi connectivity index (χ1v) is 6.38. The molecule has 16 heavy (non-hydrogen) atoms. The van der Waals surface area contributed by atoms with Crippen LogP contribution in [0.4, 0.5) is 0 Å². The number of rotatable bonds is 1. The summed E-state index contributed by atoms with van der Waals surface area (Å²) in [6.45, 7) is 7.09. The van der Waals surface area contributed by atoms with Crippen LogP contribution in [-0.4, -0.2) is 61.5 Å². The molecule has 2 fully saturated rings. The standard InChI is InChI=1S/C12H23N3O/c1-10-9-14(2)7-8-15(10)12(16)11-3-5-13-6-4-11/h10-11,13H,3-9H2,1-2H3. The van der Waals surface area contributed by atoms with Crippen LogP contribution in [0.25, 0.3) is 0 Å². The van der Waals surface area contributed by atoms with E-state index in [0.717, 1.165) is 45.6 Å². The van der Waals surface area contributed by atoms with Crippen molar-refractivity contribution in [3.63, 3.8) is 0 Å². The highest BCUT2D eigenvalue weighted by molar-refractivity contribution is 5.79. The Kier molecular flexibility index (Phi) is 3.82. The third-order valence-electron chi connectivity index (χ3n) is 3.80. The summed E-state index contributed by atoms with van der Waals surface area (Å²) < 4.78 is 0. The monoisotopic (exact) mass is 225 g/mol. The largest absolute Gasteiger partial charge is 0.337 e. The lowest BCUT2D eigenvalue weighted by Crippen LogP contribution is -2.55. The maximum atomic E-state index is 12.3. The molecule has 0 aromatic carbocycles. The summed E-state index contributed by atoms with van der Waals surface area (Å²) in [5, 5.41) is 3.31. The minimum Gasteiger partial charge on any atom is -0.337 e. The lowest BCUT2D eigenvalue weighted by molar-refractivity contribution is -0.140. The molecule has 1 amide bonds. The molecule has 0 saturated carbocycles. The Morgan fingerprint density at radius 3 is 2.56 bits per heavy atom. The summed E-state index contributed by atoms with van der Waals surface area (Å²) in [5.41, 5.74) is 0. The Morgan fingerprint density at radius 1 is 1.25 bits per heavy atom. The molecule has 1 N–H and O–H groups in total. The van der Waals surface area contributed by atoms with E-state index in [1.807, 2.05) is 0 Å². The first kappa shape index (κ1) is 11.9. The van der Waals surface area contributed by atoms with E-state index in [-0.39, 0.29) is 5.92 Å². The summed E-state index contributed by atoms with van der Waals surface area (Å²) in [4.78, 5) is 16.7. The number of carbonyl (C=O) groups is 1. The second kappa shape index (κ2) is 5.15. The minimum atomic E-state index is 0.270. The number of amides is 1. The number of nitrogens with one attached hydrogen (secondary N) is 1. The van der Waals surface area contributed by atoms with Gasteiger partial charge in [-0.15, -0.1) is 0 Å². The second-order valence-corrected chi connectivity index (χ2v) is 5.17. The smallest absolute Gasteiger partial charge is 0.226 e. The Balaban J connectivity index is 1.92. The van der Waals surface area contributed by atoms with Gasteiger partial charge in [-0.1, -0.05) is 0 Å². The summed E-state index contributed by atoms with van der Waals surface area (Å²) in [6.07, 6.45) is 2.02. The quantitative estimate of drug-likeness (QED) is 0.690. The highest BCUT2D eigenvalue weighted by atomic mass is 16.2. The van der Waals surface area contributed by atoms with Gasteiger partial charge in [0.15, 0.2) is 0 Å². The molecule has 4 heteroatoms. The van der Waals surface area contributed by atoms with E-state index in [4.69, 9.17) is 0 Å². The topological polar surface area (TPSA) is 35.6 Å². The molecule has 1 unspecified atom stereocenters. The van der Waals surface area contributed by atoms with Gasteiger partial charge < -0.3 is 15.1 Å². The molecule has 1 atom stereocenters. The van der Waals surface area contributed by atoms with E-state index in [1.54, 1.807) is 0 Å². The summed E-state index contributed by atoms with van der Waals surface area (Å²) in [5.74, 6) is 0.661. The van der Waals surface area contributed by atoms with Crippen LogP contribution in [0.2, 0.25) is 0 Å². The fourth-order valence-corrected chi connectivity index (χ4v) is 2.77. The normalized spacial score (nSPS) is 29.4. The Morgan fingerprint density at radius 2 is 1.94 bits per heavy atom. The number of nitrogens with zero attached hydrogens (tertiary/aromatic N) is 2. The number of hydrogen-bond donors (Lipinski definition) is 1. The second-order valence-electron chi connectivity index (χ2n) is 5.17. The van der Waals surface area contributed by atoms with Gasteiger partial charge in [-0.2, -0.15) is 0 Å². The lowest BCUT2D eigenvalue weighted by Gasteiger charge is -2.40. The fourth-order valence-electron chi connectivity index (χ4n) is 2.77. The number of piperazine rings is 1. The van der Waals surface area contributed by atoms with Crippen LogP contribution < -0.4 is 5.32 Å².